The first-order valence-electron chi connectivity index (χ1n) is 4.70. The van der Waals surface area contributed by atoms with Gasteiger partial charge in [0.1, 0.15) is 6.04 Å². The molecular formula is C10H11FN2O3. The summed E-state index contributed by atoms with van der Waals surface area (Å²) < 4.78 is 13.1. The molecule has 0 bridgehead atoms. The van der Waals surface area contributed by atoms with Crippen LogP contribution in [0.5, 0.6) is 0 Å². The Hall–Kier alpha value is -1.98. The second-order valence-electron chi connectivity index (χ2n) is 3.11. The summed E-state index contributed by atoms with van der Waals surface area (Å²) in [6, 6.07) is 1.62. The fraction of sp³-hybridized carbons (Fsp3) is 0.300. The highest BCUT2D eigenvalue weighted by atomic mass is 19.1. The van der Waals surface area contributed by atoms with Gasteiger partial charge in [0.2, 0.25) is 5.95 Å². The highest BCUT2D eigenvalue weighted by Crippen LogP contribution is 2.04. The lowest BCUT2D eigenvalue weighted by atomic mass is 10.2. The molecule has 0 spiro atoms. The van der Waals surface area contributed by atoms with Crippen molar-refractivity contribution in [3.05, 3.63) is 29.8 Å². The van der Waals surface area contributed by atoms with Crippen molar-refractivity contribution in [3.63, 3.8) is 0 Å². The van der Waals surface area contributed by atoms with Crippen LogP contribution in [0.15, 0.2) is 18.3 Å². The van der Waals surface area contributed by atoms with E-state index in [0.717, 1.165) is 0 Å². The van der Waals surface area contributed by atoms with Gasteiger partial charge in [0, 0.05) is 6.20 Å². The van der Waals surface area contributed by atoms with Gasteiger partial charge in [0.25, 0.3) is 5.91 Å². The number of nitrogens with zero attached hydrogens (tertiary/aromatic N) is 1. The Morgan fingerprint density at radius 1 is 1.62 bits per heavy atom. The zero-order valence-electron chi connectivity index (χ0n) is 8.61. The van der Waals surface area contributed by atoms with Crippen LogP contribution in [-0.2, 0) is 4.79 Å². The molecule has 1 aromatic heterocycles. The highest BCUT2D eigenvalue weighted by molar-refractivity contribution is 5.96. The second-order valence-corrected chi connectivity index (χ2v) is 3.11. The van der Waals surface area contributed by atoms with Crippen LogP contribution < -0.4 is 5.32 Å². The van der Waals surface area contributed by atoms with E-state index in [1.807, 2.05) is 0 Å². The summed E-state index contributed by atoms with van der Waals surface area (Å²) in [4.78, 5) is 25.4. The third-order valence-electron chi connectivity index (χ3n) is 2.02. The van der Waals surface area contributed by atoms with Gasteiger partial charge in [-0.05, 0) is 18.6 Å². The largest absolute Gasteiger partial charge is 0.480 e. The van der Waals surface area contributed by atoms with Gasteiger partial charge in [-0.15, -0.1) is 0 Å². The monoisotopic (exact) mass is 226 g/mol. The zero-order chi connectivity index (χ0) is 12.1. The third-order valence-corrected chi connectivity index (χ3v) is 2.02. The molecule has 1 heterocycles. The zero-order valence-corrected chi connectivity index (χ0v) is 8.61. The van der Waals surface area contributed by atoms with Crippen molar-refractivity contribution in [2.24, 2.45) is 0 Å². The number of aliphatic carboxylic acids is 1. The number of aromatic nitrogens is 1. The Balaban J connectivity index is 2.80. The van der Waals surface area contributed by atoms with E-state index in [2.05, 4.69) is 10.3 Å². The van der Waals surface area contributed by atoms with Gasteiger partial charge in [-0.25, -0.2) is 9.78 Å². The lowest BCUT2D eigenvalue weighted by Crippen LogP contribution is -2.40. The normalized spacial score (nSPS) is 11.9. The smallest absolute Gasteiger partial charge is 0.326 e. The molecule has 0 aliphatic carbocycles. The molecule has 0 aliphatic heterocycles. The number of amides is 1. The molecule has 0 saturated heterocycles. The molecule has 0 aliphatic rings. The number of carbonyl (C=O) groups excluding carboxylic acids is 1. The molecule has 1 aromatic rings. The average Bonchev–Trinajstić information content (AvgIpc) is 2.25. The van der Waals surface area contributed by atoms with E-state index in [0.29, 0.717) is 0 Å². The average molecular weight is 226 g/mol. The summed E-state index contributed by atoms with van der Waals surface area (Å²) in [6.07, 6.45) is 1.43. The second kappa shape index (κ2) is 5.20. The fourth-order valence-corrected chi connectivity index (χ4v) is 1.13. The number of carbonyl (C=O) groups is 2. The predicted octanol–water partition coefficient (Wildman–Crippen LogP) is 0.814. The number of carboxylic acids is 1. The van der Waals surface area contributed by atoms with E-state index in [1.165, 1.54) is 18.3 Å². The number of hydrogen-bond donors (Lipinski definition) is 2. The molecule has 86 valence electrons. The van der Waals surface area contributed by atoms with Crippen molar-refractivity contribution in [2.45, 2.75) is 19.4 Å². The summed E-state index contributed by atoms with van der Waals surface area (Å²) >= 11 is 0. The van der Waals surface area contributed by atoms with Gasteiger partial charge in [0.05, 0.1) is 5.56 Å². The van der Waals surface area contributed by atoms with E-state index in [9.17, 15) is 14.0 Å². The quantitative estimate of drug-likeness (QED) is 0.745. The molecule has 5 nitrogen and oxygen atoms in total. The molecule has 2 N–H and O–H groups in total. The predicted molar refractivity (Wildman–Crippen MR) is 53.4 cm³/mol. The van der Waals surface area contributed by atoms with E-state index >= 15 is 0 Å². The number of carboxylic acid groups (broad SMARTS) is 1. The number of nitrogens with one attached hydrogen (secondary N) is 1. The molecule has 0 unspecified atom stereocenters. The molecule has 16 heavy (non-hydrogen) atoms. The number of halogens is 1. The molecule has 1 rings (SSSR count). The van der Waals surface area contributed by atoms with Crippen LogP contribution in [0.4, 0.5) is 4.39 Å². The van der Waals surface area contributed by atoms with E-state index in [4.69, 9.17) is 5.11 Å². The number of hydrogen-bond acceptors (Lipinski definition) is 3. The Morgan fingerprint density at radius 2 is 2.31 bits per heavy atom. The SMILES string of the molecule is CC[C@H](NC(=O)c1cccnc1F)C(=O)O. The first kappa shape index (κ1) is 12.1. The minimum atomic E-state index is -1.15. The maximum absolute atomic E-state index is 13.1. The number of rotatable bonds is 4. The standard InChI is InChI=1S/C10H11FN2O3/c1-2-7(10(15)16)13-9(14)6-4-3-5-12-8(6)11/h3-5,7H,2H2,1H3,(H,13,14)(H,15,16)/t7-/m0/s1. The van der Waals surface area contributed by atoms with Crippen molar-refractivity contribution in [1.82, 2.24) is 10.3 Å². The van der Waals surface area contributed by atoms with Crippen LogP contribution in [-0.4, -0.2) is 28.0 Å². The van der Waals surface area contributed by atoms with Crippen LogP contribution in [0.2, 0.25) is 0 Å². The fourth-order valence-electron chi connectivity index (χ4n) is 1.13. The molecule has 1 atom stereocenters. The number of pyridine rings is 1. The Bertz CT molecular complexity index is 409. The maximum atomic E-state index is 13.1. The van der Waals surface area contributed by atoms with Crippen LogP contribution in [0.25, 0.3) is 0 Å². The van der Waals surface area contributed by atoms with Crippen molar-refractivity contribution >= 4 is 11.9 Å². The van der Waals surface area contributed by atoms with Crippen LogP contribution in [0, 0.1) is 5.95 Å². The minimum Gasteiger partial charge on any atom is -0.480 e. The minimum absolute atomic E-state index is 0.225. The lowest BCUT2D eigenvalue weighted by Gasteiger charge is -2.11. The molecular weight excluding hydrogens is 215 g/mol. The maximum Gasteiger partial charge on any atom is 0.326 e. The summed E-state index contributed by atoms with van der Waals surface area (Å²) in [5, 5.41) is 10.9. The topological polar surface area (TPSA) is 79.3 Å². The summed E-state index contributed by atoms with van der Waals surface area (Å²) in [6.45, 7) is 1.61. The highest BCUT2D eigenvalue weighted by Gasteiger charge is 2.20. The summed E-state index contributed by atoms with van der Waals surface area (Å²) in [5.41, 5.74) is -0.262. The van der Waals surface area contributed by atoms with Crippen LogP contribution in [0.3, 0.4) is 0 Å². The van der Waals surface area contributed by atoms with Crippen LogP contribution >= 0.6 is 0 Å². The van der Waals surface area contributed by atoms with Crippen molar-refractivity contribution < 1.29 is 19.1 Å². The van der Waals surface area contributed by atoms with Gasteiger partial charge < -0.3 is 10.4 Å². The molecule has 0 radical (unpaired) electrons. The first-order valence-corrected chi connectivity index (χ1v) is 4.70. The lowest BCUT2D eigenvalue weighted by molar-refractivity contribution is -0.139. The Kier molecular flexibility index (Phi) is 3.93. The van der Waals surface area contributed by atoms with E-state index in [1.54, 1.807) is 6.92 Å². The summed E-state index contributed by atoms with van der Waals surface area (Å²) in [7, 11) is 0. The van der Waals surface area contributed by atoms with Gasteiger partial charge in [-0.1, -0.05) is 6.92 Å². The van der Waals surface area contributed by atoms with Gasteiger partial charge >= 0.3 is 5.97 Å². The molecule has 1 amide bonds. The van der Waals surface area contributed by atoms with Gasteiger partial charge in [0.15, 0.2) is 0 Å². The van der Waals surface area contributed by atoms with Gasteiger partial charge in [-0.2, -0.15) is 4.39 Å². The molecule has 0 saturated carbocycles. The molecule has 0 fully saturated rings. The Labute approximate surface area is 91.3 Å². The van der Waals surface area contributed by atoms with Gasteiger partial charge in [-0.3, -0.25) is 4.79 Å². The molecule has 6 heteroatoms. The first-order chi connectivity index (χ1) is 7.56. The summed E-state index contributed by atoms with van der Waals surface area (Å²) in [5.74, 6) is -2.85. The van der Waals surface area contributed by atoms with Crippen molar-refractivity contribution in [3.8, 4) is 0 Å². The Morgan fingerprint density at radius 3 is 2.81 bits per heavy atom. The van der Waals surface area contributed by atoms with Crippen molar-refractivity contribution in [2.75, 3.05) is 0 Å². The third kappa shape index (κ3) is 2.75. The molecule has 0 aromatic carbocycles. The van der Waals surface area contributed by atoms with Crippen LogP contribution in [0.1, 0.15) is 23.7 Å². The van der Waals surface area contributed by atoms with E-state index < -0.39 is 23.9 Å². The van der Waals surface area contributed by atoms with E-state index in [-0.39, 0.29) is 12.0 Å². The van der Waals surface area contributed by atoms with Crippen molar-refractivity contribution in [1.29, 1.82) is 0 Å².